The molecule has 2 amide bonds. The molecule has 1 aliphatic heterocycles. The number of aromatic nitrogens is 1. The summed E-state index contributed by atoms with van der Waals surface area (Å²) in [6.07, 6.45) is 3.94. The molecule has 1 aliphatic rings. The second-order valence-corrected chi connectivity index (χ2v) is 7.40. The average Bonchev–Trinajstić information content (AvgIpc) is 3.24. The van der Waals surface area contributed by atoms with Crippen molar-refractivity contribution in [1.82, 2.24) is 4.98 Å². The molecule has 0 spiro atoms. The van der Waals surface area contributed by atoms with Gasteiger partial charge in [-0.2, -0.15) is 0 Å². The van der Waals surface area contributed by atoms with Gasteiger partial charge in [-0.15, -0.1) is 11.3 Å². The molecule has 7 heteroatoms. The Morgan fingerprint density at radius 3 is 2.73 bits per heavy atom. The summed E-state index contributed by atoms with van der Waals surface area (Å²) in [5, 5.41) is 3.46. The molecule has 3 aromatic rings. The third-order valence-corrected chi connectivity index (χ3v) is 5.55. The van der Waals surface area contributed by atoms with Crippen molar-refractivity contribution < 1.29 is 9.59 Å². The van der Waals surface area contributed by atoms with E-state index in [1.54, 1.807) is 59.8 Å². The van der Waals surface area contributed by atoms with Crippen LogP contribution >= 0.6 is 22.9 Å². The Morgan fingerprint density at radius 2 is 2.00 bits per heavy atom. The van der Waals surface area contributed by atoms with E-state index in [2.05, 4.69) is 10.3 Å². The molecule has 1 N–H and O–H groups in total. The van der Waals surface area contributed by atoms with Crippen molar-refractivity contribution in [2.24, 2.45) is 0 Å². The minimum Gasteiger partial charge on any atom is -0.321 e. The molecular weight excluding hydrogens is 370 g/mol. The van der Waals surface area contributed by atoms with Crippen molar-refractivity contribution in [3.05, 3.63) is 75.2 Å². The van der Waals surface area contributed by atoms with Crippen LogP contribution in [-0.4, -0.2) is 23.3 Å². The van der Waals surface area contributed by atoms with E-state index in [0.29, 0.717) is 27.7 Å². The first-order valence-electron chi connectivity index (χ1n) is 8.03. The van der Waals surface area contributed by atoms with Gasteiger partial charge in [-0.1, -0.05) is 11.6 Å². The van der Waals surface area contributed by atoms with Crippen LogP contribution in [0.2, 0.25) is 5.02 Å². The molecule has 5 nitrogen and oxygen atoms in total. The molecule has 0 bridgehead atoms. The Hall–Kier alpha value is -2.70. The molecule has 0 radical (unpaired) electrons. The third-order valence-electron chi connectivity index (χ3n) is 4.12. The minimum absolute atomic E-state index is 0.0979. The van der Waals surface area contributed by atoms with E-state index in [1.165, 1.54) is 11.3 Å². The number of hydrogen-bond donors (Lipinski definition) is 1. The maximum absolute atomic E-state index is 12.7. The third kappa shape index (κ3) is 3.21. The largest absolute Gasteiger partial charge is 0.321 e. The van der Waals surface area contributed by atoms with Crippen molar-refractivity contribution in [2.45, 2.75) is 6.42 Å². The topological polar surface area (TPSA) is 62.3 Å². The van der Waals surface area contributed by atoms with Crippen LogP contribution in [0.4, 0.5) is 11.4 Å². The lowest BCUT2D eigenvalue weighted by Crippen LogP contribution is -2.29. The molecule has 0 saturated heterocycles. The number of benzene rings is 1. The maximum atomic E-state index is 12.7. The van der Waals surface area contributed by atoms with Gasteiger partial charge in [0, 0.05) is 40.9 Å². The van der Waals surface area contributed by atoms with Crippen molar-refractivity contribution >= 4 is 46.1 Å². The summed E-state index contributed by atoms with van der Waals surface area (Å²) in [6.45, 7) is 0.619. The summed E-state index contributed by atoms with van der Waals surface area (Å²) in [5.41, 5.74) is 2.03. The van der Waals surface area contributed by atoms with Crippen LogP contribution in [0.15, 0.2) is 54.9 Å². The number of fused-ring (bicyclic) bond motifs is 1. The van der Waals surface area contributed by atoms with Gasteiger partial charge in [-0.3, -0.25) is 14.6 Å². The highest BCUT2D eigenvalue weighted by Crippen LogP contribution is 2.37. The molecule has 2 aromatic heterocycles. The van der Waals surface area contributed by atoms with Crippen molar-refractivity contribution in [1.29, 1.82) is 0 Å². The summed E-state index contributed by atoms with van der Waals surface area (Å²) in [7, 11) is 0. The quantitative estimate of drug-likeness (QED) is 0.735. The first kappa shape index (κ1) is 16.8. The Morgan fingerprint density at radius 1 is 1.19 bits per heavy atom. The van der Waals surface area contributed by atoms with E-state index < -0.39 is 0 Å². The van der Waals surface area contributed by atoms with E-state index in [-0.39, 0.29) is 11.8 Å². The highest BCUT2D eigenvalue weighted by molar-refractivity contribution is 7.14. The number of hydrogen-bond acceptors (Lipinski definition) is 4. The molecule has 26 heavy (non-hydrogen) atoms. The van der Waals surface area contributed by atoms with Gasteiger partial charge in [-0.05, 0) is 42.5 Å². The number of carbonyl (C=O) groups excluding carboxylic acids is 2. The van der Waals surface area contributed by atoms with E-state index in [0.717, 1.165) is 17.0 Å². The number of nitrogens with zero attached hydrogens (tertiary/aromatic N) is 2. The normalized spacial score (nSPS) is 12.7. The number of halogens is 1. The molecule has 4 rings (SSSR count). The van der Waals surface area contributed by atoms with E-state index in [9.17, 15) is 9.59 Å². The zero-order chi connectivity index (χ0) is 18.1. The van der Waals surface area contributed by atoms with Crippen molar-refractivity contribution in [3.63, 3.8) is 0 Å². The van der Waals surface area contributed by atoms with E-state index in [4.69, 9.17) is 11.6 Å². The van der Waals surface area contributed by atoms with Gasteiger partial charge in [0.2, 0.25) is 0 Å². The Bertz CT molecular complexity index is 970. The van der Waals surface area contributed by atoms with Gasteiger partial charge in [-0.25, -0.2) is 0 Å². The van der Waals surface area contributed by atoms with Crippen LogP contribution < -0.4 is 10.2 Å². The first-order valence-corrected chi connectivity index (χ1v) is 9.23. The maximum Gasteiger partial charge on any atom is 0.265 e. The molecule has 0 atom stereocenters. The standard InChI is InChI=1S/C19H14ClN3O2S/c20-13-3-5-14(6-4-13)22-18(24)17-10-15-16(26-17)7-9-23(15)19(25)12-2-1-8-21-11-12/h1-6,8,10-11H,7,9H2,(H,22,24). The second kappa shape index (κ2) is 6.90. The zero-order valence-corrected chi connectivity index (χ0v) is 15.2. The predicted octanol–water partition coefficient (Wildman–Crippen LogP) is 4.25. The number of anilines is 2. The van der Waals surface area contributed by atoms with E-state index in [1.807, 2.05) is 0 Å². The SMILES string of the molecule is O=C(Nc1ccc(Cl)cc1)c1cc2c(s1)CCN2C(=O)c1cccnc1. The summed E-state index contributed by atoms with van der Waals surface area (Å²) < 4.78 is 0. The summed E-state index contributed by atoms with van der Waals surface area (Å²) in [5.74, 6) is -0.292. The van der Waals surface area contributed by atoms with Crippen LogP contribution in [0, 0.1) is 0 Å². The van der Waals surface area contributed by atoms with Crippen molar-refractivity contribution in [2.75, 3.05) is 16.8 Å². The highest BCUT2D eigenvalue weighted by atomic mass is 35.5. The monoisotopic (exact) mass is 383 g/mol. The number of rotatable bonds is 3. The smallest absolute Gasteiger partial charge is 0.265 e. The predicted molar refractivity (Wildman–Crippen MR) is 103 cm³/mol. The number of carbonyl (C=O) groups is 2. The number of thiophene rings is 1. The van der Waals surface area contributed by atoms with Gasteiger partial charge >= 0.3 is 0 Å². The first-order chi connectivity index (χ1) is 12.6. The Balaban J connectivity index is 1.54. The lowest BCUT2D eigenvalue weighted by Gasteiger charge is -2.15. The fourth-order valence-corrected chi connectivity index (χ4v) is 4.03. The Labute approximate surface area is 159 Å². The molecule has 0 aliphatic carbocycles. The molecule has 0 unspecified atom stereocenters. The van der Waals surface area contributed by atoms with E-state index >= 15 is 0 Å². The minimum atomic E-state index is -0.194. The highest BCUT2D eigenvalue weighted by Gasteiger charge is 2.29. The van der Waals surface area contributed by atoms with Crippen LogP contribution in [0.25, 0.3) is 0 Å². The summed E-state index contributed by atoms with van der Waals surface area (Å²) in [4.78, 5) is 32.5. The fraction of sp³-hybridized carbons (Fsp3) is 0.105. The molecule has 3 heterocycles. The van der Waals surface area contributed by atoms with Gasteiger partial charge < -0.3 is 10.2 Å². The zero-order valence-electron chi connectivity index (χ0n) is 13.6. The van der Waals surface area contributed by atoms with Crippen LogP contribution in [0.3, 0.4) is 0 Å². The van der Waals surface area contributed by atoms with Crippen molar-refractivity contribution in [3.8, 4) is 0 Å². The lowest BCUT2D eigenvalue weighted by atomic mass is 10.2. The van der Waals surface area contributed by atoms with Gasteiger partial charge in [0.1, 0.15) is 0 Å². The summed E-state index contributed by atoms with van der Waals surface area (Å²) in [6, 6.07) is 12.2. The van der Waals surface area contributed by atoms with Crippen LogP contribution in [-0.2, 0) is 6.42 Å². The van der Waals surface area contributed by atoms with Gasteiger partial charge in [0.25, 0.3) is 11.8 Å². The lowest BCUT2D eigenvalue weighted by molar-refractivity contribution is 0.0986. The Kier molecular flexibility index (Phi) is 4.44. The molecule has 1 aromatic carbocycles. The number of pyridine rings is 1. The molecule has 130 valence electrons. The number of amides is 2. The second-order valence-electron chi connectivity index (χ2n) is 5.83. The molecular formula is C19H14ClN3O2S. The molecule has 0 fully saturated rings. The number of nitrogens with one attached hydrogen (secondary N) is 1. The fourth-order valence-electron chi connectivity index (χ4n) is 2.85. The van der Waals surface area contributed by atoms with Crippen LogP contribution in [0.5, 0.6) is 0 Å². The van der Waals surface area contributed by atoms with Gasteiger partial charge in [0.15, 0.2) is 0 Å². The average molecular weight is 384 g/mol. The summed E-state index contributed by atoms with van der Waals surface area (Å²) >= 11 is 7.28. The molecule has 0 saturated carbocycles. The van der Waals surface area contributed by atoms with Crippen LogP contribution in [0.1, 0.15) is 24.9 Å². The van der Waals surface area contributed by atoms with Gasteiger partial charge in [0.05, 0.1) is 16.1 Å².